The zero-order chi connectivity index (χ0) is 24.0. The predicted molar refractivity (Wildman–Crippen MR) is 126 cm³/mol. The van der Waals surface area contributed by atoms with Crippen molar-refractivity contribution in [3.8, 4) is 11.5 Å². The Morgan fingerprint density at radius 1 is 1.03 bits per heavy atom. The van der Waals surface area contributed by atoms with E-state index in [2.05, 4.69) is 5.32 Å². The zero-order valence-corrected chi connectivity index (χ0v) is 19.2. The van der Waals surface area contributed by atoms with Crippen LogP contribution < -0.4 is 14.8 Å². The minimum Gasteiger partial charge on any atom is -0.493 e. The second kappa shape index (κ2) is 8.48. The first-order valence-corrected chi connectivity index (χ1v) is 11.1. The molecule has 0 bridgehead atoms. The maximum atomic E-state index is 14.2. The number of anilines is 1. The summed E-state index contributed by atoms with van der Waals surface area (Å²) in [5.74, 6) is -0.737. The van der Waals surface area contributed by atoms with Crippen LogP contribution in [0.3, 0.4) is 0 Å². The van der Waals surface area contributed by atoms with Gasteiger partial charge in [-0.2, -0.15) is 0 Å². The second-order valence-corrected chi connectivity index (χ2v) is 8.62. The van der Waals surface area contributed by atoms with Crippen LogP contribution in [0.5, 0.6) is 11.5 Å². The van der Waals surface area contributed by atoms with Crippen molar-refractivity contribution in [1.29, 1.82) is 0 Å². The third kappa shape index (κ3) is 3.48. The lowest BCUT2D eigenvalue weighted by atomic mass is 9.75. The van der Waals surface area contributed by atoms with E-state index >= 15 is 0 Å². The number of nitrogens with zero attached hydrogens (tertiary/aromatic N) is 1. The third-order valence-corrected chi connectivity index (χ3v) is 6.75. The first-order valence-electron chi connectivity index (χ1n) is 11.1. The standard InChI is InChI=1S/C27H25FN2O4/c1-15-8-9-17(12-21(15)28)29-26(31)24-19-13-22(33-2)23(34-3)14-20(19)27(32)30-11-10-16-6-4-5-7-18(16)25(24)30/h4-9,12-14,24-25H,10-11H2,1-3H3,(H,29,31)/t24-,25-/m0/s1. The monoisotopic (exact) mass is 460 g/mol. The highest BCUT2D eigenvalue weighted by Crippen LogP contribution is 2.48. The molecule has 6 nitrogen and oxygen atoms in total. The first kappa shape index (κ1) is 21.9. The average molecular weight is 461 g/mol. The molecular weight excluding hydrogens is 435 g/mol. The molecule has 5 rings (SSSR count). The van der Waals surface area contributed by atoms with Crippen molar-refractivity contribution in [2.45, 2.75) is 25.3 Å². The smallest absolute Gasteiger partial charge is 0.254 e. The lowest BCUT2D eigenvalue weighted by Gasteiger charge is -2.45. The molecule has 0 fully saturated rings. The Hall–Kier alpha value is -3.87. The maximum absolute atomic E-state index is 14.2. The quantitative estimate of drug-likeness (QED) is 0.617. The van der Waals surface area contributed by atoms with Gasteiger partial charge < -0.3 is 19.7 Å². The Balaban J connectivity index is 1.67. The molecule has 34 heavy (non-hydrogen) atoms. The summed E-state index contributed by atoms with van der Waals surface area (Å²) >= 11 is 0. The van der Waals surface area contributed by atoms with Gasteiger partial charge in [0.15, 0.2) is 11.5 Å². The summed E-state index contributed by atoms with van der Waals surface area (Å²) in [7, 11) is 3.02. The molecule has 0 radical (unpaired) electrons. The molecule has 3 aromatic rings. The van der Waals surface area contributed by atoms with Crippen LogP contribution in [-0.2, 0) is 11.2 Å². The average Bonchev–Trinajstić information content (AvgIpc) is 2.85. The van der Waals surface area contributed by atoms with Gasteiger partial charge in [-0.15, -0.1) is 0 Å². The molecule has 0 unspecified atom stereocenters. The number of carbonyl (C=O) groups excluding carboxylic acids is 2. The van der Waals surface area contributed by atoms with E-state index in [0.717, 1.165) is 11.1 Å². The number of hydrogen-bond acceptors (Lipinski definition) is 4. The number of hydrogen-bond donors (Lipinski definition) is 1. The number of amides is 2. The lowest BCUT2D eigenvalue weighted by Crippen LogP contribution is -2.49. The summed E-state index contributed by atoms with van der Waals surface area (Å²) in [6, 6.07) is 15.3. The Morgan fingerprint density at radius 3 is 2.50 bits per heavy atom. The van der Waals surface area contributed by atoms with E-state index in [0.29, 0.717) is 46.8 Å². The van der Waals surface area contributed by atoms with Gasteiger partial charge in [0.1, 0.15) is 5.82 Å². The molecule has 0 aliphatic carbocycles. The van der Waals surface area contributed by atoms with Crippen molar-refractivity contribution in [2.24, 2.45) is 0 Å². The summed E-state index contributed by atoms with van der Waals surface area (Å²) in [6.45, 7) is 2.16. The summed E-state index contributed by atoms with van der Waals surface area (Å²) < 4.78 is 25.1. The number of benzene rings is 3. The minimum absolute atomic E-state index is 0.152. The fraction of sp³-hybridized carbons (Fsp3) is 0.259. The van der Waals surface area contributed by atoms with E-state index in [1.54, 1.807) is 36.1 Å². The number of carbonyl (C=O) groups is 2. The van der Waals surface area contributed by atoms with E-state index in [1.807, 2.05) is 24.3 Å². The largest absolute Gasteiger partial charge is 0.493 e. The van der Waals surface area contributed by atoms with E-state index in [-0.39, 0.29) is 11.8 Å². The van der Waals surface area contributed by atoms with E-state index in [4.69, 9.17) is 9.47 Å². The summed E-state index contributed by atoms with van der Waals surface area (Å²) in [5.41, 5.74) is 3.88. The van der Waals surface area contributed by atoms with Crippen molar-refractivity contribution < 1.29 is 23.5 Å². The fourth-order valence-electron chi connectivity index (χ4n) is 5.02. The Bertz CT molecular complexity index is 1310. The molecule has 2 atom stereocenters. The topological polar surface area (TPSA) is 67.9 Å². The molecule has 0 saturated heterocycles. The highest BCUT2D eigenvalue weighted by molar-refractivity contribution is 6.05. The van der Waals surface area contributed by atoms with Gasteiger partial charge in [0, 0.05) is 17.8 Å². The van der Waals surface area contributed by atoms with Crippen LogP contribution in [0.1, 0.15) is 44.6 Å². The minimum atomic E-state index is -0.724. The molecule has 1 N–H and O–H groups in total. The van der Waals surface area contributed by atoms with Gasteiger partial charge in [0.2, 0.25) is 5.91 Å². The van der Waals surface area contributed by atoms with Gasteiger partial charge in [0.05, 0.1) is 26.2 Å². The van der Waals surface area contributed by atoms with E-state index in [9.17, 15) is 14.0 Å². The second-order valence-electron chi connectivity index (χ2n) is 8.62. The van der Waals surface area contributed by atoms with Crippen molar-refractivity contribution >= 4 is 17.5 Å². The number of rotatable bonds is 4. The van der Waals surface area contributed by atoms with Crippen LogP contribution in [0, 0.1) is 12.7 Å². The molecular formula is C27H25FN2O4. The van der Waals surface area contributed by atoms with Crippen LogP contribution in [0.15, 0.2) is 54.6 Å². The van der Waals surface area contributed by atoms with Gasteiger partial charge in [0.25, 0.3) is 5.91 Å². The number of nitrogens with one attached hydrogen (secondary N) is 1. The molecule has 0 aromatic heterocycles. The Kier molecular flexibility index (Phi) is 5.48. The van der Waals surface area contributed by atoms with Crippen LogP contribution in [-0.4, -0.2) is 37.5 Å². The Labute approximate surface area is 197 Å². The first-order chi connectivity index (χ1) is 16.4. The molecule has 2 amide bonds. The number of methoxy groups -OCH3 is 2. The molecule has 2 aliphatic rings. The molecule has 2 aliphatic heterocycles. The van der Waals surface area contributed by atoms with Crippen LogP contribution in [0.2, 0.25) is 0 Å². The highest BCUT2D eigenvalue weighted by Gasteiger charge is 2.47. The zero-order valence-electron chi connectivity index (χ0n) is 19.2. The highest BCUT2D eigenvalue weighted by atomic mass is 19.1. The summed E-state index contributed by atoms with van der Waals surface area (Å²) in [4.78, 5) is 29.2. The number of aryl methyl sites for hydroxylation is 1. The van der Waals surface area contributed by atoms with Crippen LogP contribution >= 0.6 is 0 Å². The van der Waals surface area contributed by atoms with Crippen molar-refractivity contribution in [1.82, 2.24) is 4.90 Å². The molecule has 2 heterocycles. The van der Waals surface area contributed by atoms with Crippen LogP contribution in [0.4, 0.5) is 10.1 Å². The van der Waals surface area contributed by atoms with Crippen molar-refractivity contribution in [2.75, 3.05) is 26.1 Å². The molecule has 0 saturated carbocycles. The molecule has 7 heteroatoms. The molecule has 174 valence electrons. The molecule has 3 aromatic carbocycles. The van der Waals surface area contributed by atoms with Gasteiger partial charge in [-0.1, -0.05) is 30.3 Å². The van der Waals surface area contributed by atoms with Crippen molar-refractivity contribution in [3.05, 3.63) is 88.2 Å². The fourth-order valence-corrected chi connectivity index (χ4v) is 5.02. The number of fused-ring (bicyclic) bond motifs is 4. The predicted octanol–water partition coefficient (Wildman–Crippen LogP) is 4.63. The molecule has 0 spiro atoms. The summed E-state index contributed by atoms with van der Waals surface area (Å²) in [5, 5.41) is 2.88. The number of halogens is 1. The summed E-state index contributed by atoms with van der Waals surface area (Å²) in [6.07, 6.45) is 0.707. The van der Waals surface area contributed by atoms with Gasteiger partial charge in [-0.05, 0) is 59.9 Å². The Morgan fingerprint density at radius 2 is 1.76 bits per heavy atom. The SMILES string of the molecule is COc1cc2c(cc1OC)[C@H](C(=O)Nc1ccc(C)c(F)c1)[C@@H]1c3ccccc3CCN1C2=O. The number of ether oxygens (including phenoxy) is 2. The van der Waals surface area contributed by atoms with E-state index in [1.165, 1.54) is 20.3 Å². The van der Waals surface area contributed by atoms with Crippen LogP contribution in [0.25, 0.3) is 0 Å². The third-order valence-electron chi connectivity index (χ3n) is 6.75. The van der Waals surface area contributed by atoms with Crippen molar-refractivity contribution in [3.63, 3.8) is 0 Å². The van der Waals surface area contributed by atoms with E-state index < -0.39 is 17.8 Å². The van der Waals surface area contributed by atoms with Gasteiger partial charge >= 0.3 is 0 Å². The van der Waals surface area contributed by atoms with Gasteiger partial charge in [-0.3, -0.25) is 9.59 Å². The maximum Gasteiger partial charge on any atom is 0.254 e. The normalized spacial score (nSPS) is 18.5. The van der Waals surface area contributed by atoms with Gasteiger partial charge in [-0.25, -0.2) is 4.39 Å². The lowest BCUT2D eigenvalue weighted by molar-refractivity contribution is -0.119.